The molecule has 1 saturated heterocycles. The third kappa shape index (κ3) is 3.73. The van der Waals surface area contributed by atoms with E-state index in [1.807, 2.05) is 0 Å². The first-order chi connectivity index (χ1) is 14.8. The third-order valence-corrected chi connectivity index (χ3v) is 5.10. The molecule has 1 unspecified atom stereocenters. The number of esters is 1. The lowest BCUT2D eigenvalue weighted by molar-refractivity contribution is -0.137. The van der Waals surface area contributed by atoms with Crippen molar-refractivity contribution in [1.82, 2.24) is 24.6 Å². The molecule has 0 spiro atoms. The average Bonchev–Trinajstić information content (AvgIpc) is 3.27. The molecule has 2 aromatic heterocycles. The highest BCUT2D eigenvalue weighted by Crippen LogP contribution is 2.24. The van der Waals surface area contributed by atoms with Gasteiger partial charge in [0.05, 0.1) is 18.2 Å². The number of aromatic nitrogens is 4. The quantitative estimate of drug-likeness (QED) is 0.501. The normalized spacial score (nSPS) is 18.2. The van der Waals surface area contributed by atoms with E-state index in [4.69, 9.17) is 4.74 Å². The lowest BCUT2D eigenvalue weighted by Crippen LogP contribution is -2.37. The number of ether oxygens (including phenoxy) is 1. The molecule has 31 heavy (non-hydrogen) atoms. The van der Waals surface area contributed by atoms with Crippen LogP contribution in [0.25, 0.3) is 22.4 Å². The fourth-order valence-electron chi connectivity index (χ4n) is 3.39. The first kappa shape index (κ1) is 20.5. The summed E-state index contributed by atoms with van der Waals surface area (Å²) < 4.78 is 6.69. The number of likely N-dealkylation sites (tertiary alicyclic amines) is 1. The molecule has 1 fully saturated rings. The van der Waals surface area contributed by atoms with E-state index in [1.165, 1.54) is 11.1 Å². The van der Waals surface area contributed by atoms with Crippen LogP contribution < -0.4 is 0 Å². The third-order valence-electron chi connectivity index (χ3n) is 5.10. The van der Waals surface area contributed by atoms with Crippen LogP contribution >= 0.6 is 0 Å². The maximum absolute atomic E-state index is 12.4. The molecule has 3 heterocycles. The number of aliphatic hydroxyl groups is 1. The van der Waals surface area contributed by atoms with Crippen molar-refractivity contribution in [2.24, 2.45) is 7.05 Å². The molecule has 9 heteroatoms. The highest BCUT2D eigenvalue weighted by Gasteiger charge is 2.42. The van der Waals surface area contributed by atoms with E-state index in [2.05, 4.69) is 26.9 Å². The van der Waals surface area contributed by atoms with Crippen molar-refractivity contribution in [2.75, 3.05) is 20.2 Å². The van der Waals surface area contributed by atoms with Gasteiger partial charge in [-0.05, 0) is 19.1 Å². The number of carbonyl (C=O) groups excluding carboxylic acids is 2. The van der Waals surface area contributed by atoms with Crippen molar-refractivity contribution in [3.05, 3.63) is 41.7 Å². The number of hydrogen-bond acceptors (Lipinski definition) is 7. The molecular weight excluding hydrogens is 398 g/mol. The van der Waals surface area contributed by atoms with E-state index >= 15 is 0 Å². The largest absolute Gasteiger partial charge is 0.461 e. The number of benzene rings is 1. The summed E-state index contributed by atoms with van der Waals surface area (Å²) in [5, 5.41) is 15.2. The minimum Gasteiger partial charge on any atom is -0.461 e. The number of fused-ring (bicyclic) bond motifs is 1. The number of nitrogens with zero attached hydrogens (tertiary/aromatic N) is 5. The molecule has 1 atom stereocenters. The summed E-state index contributed by atoms with van der Waals surface area (Å²) in [6.07, 6.45) is 1.79. The van der Waals surface area contributed by atoms with Crippen molar-refractivity contribution in [3.8, 4) is 23.2 Å². The number of amides is 1. The van der Waals surface area contributed by atoms with Crippen LogP contribution in [-0.4, -0.2) is 67.4 Å². The number of hydrogen-bond donors (Lipinski definition) is 1. The predicted octanol–water partition coefficient (Wildman–Crippen LogP) is 1.15. The maximum atomic E-state index is 12.4. The Kier molecular flexibility index (Phi) is 5.17. The van der Waals surface area contributed by atoms with E-state index in [1.54, 1.807) is 50.0 Å². The SMILES string of the molecule is CCOC(=O)c1nc(-c2cccc(C#CC3(O)CCN(C)C3=O)c2)nc2c1cnn2C. The van der Waals surface area contributed by atoms with Gasteiger partial charge in [0.15, 0.2) is 17.2 Å². The summed E-state index contributed by atoms with van der Waals surface area (Å²) in [5.41, 5.74) is 0.173. The van der Waals surface area contributed by atoms with E-state index in [-0.39, 0.29) is 18.7 Å². The molecule has 1 N–H and O–H groups in total. The van der Waals surface area contributed by atoms with Crippen molar-refractivity contribution in [3.63, 3.8) is 0 Å². The Morgan fingerprint density at radius 3 is 2.84 bits per heavy atom. The van der Waals surface area contributed by atoms with Gasteiger partial charge in [0, 0.05) is 38.2 Å². The average molecular weight is 419 g/mol. The molecule has 3 aromatic rings. The predicted molar refractivity (Wildman–Crippen MR) is 112 cm³/mol. The Morgan fingerprint density at radius 2 is 2.13 bits per heavy atom. The number of likely N-dealkylation sites (N-methyl/N-ethyl adjacent to an activating group) is 1. The van der Waals surface area contributed by atoms with Crippen molar-refractivity contribution in [1.29, 1.82) is 0 Å². The van der Waals surface area contributed by atoms with E-state index in [0.717, 1.165) is 0 Å². The van der Waals surface area contributed by atoms with Crippen LogP contribution in [0.15, 0.2) is 30.5 Å². The summed E-state index contributed by atoms with van der Waals surface area (Å²) >= 11 is 0. The smallest absolute Gasteiger partial charge is 0.357 e. The van der Waals surface area contributed by atoms with Gasteiger partial charge in [0.2, 0.25) is 5.60 Å². The van der Waals surface area contributed by atoms with Gasteiger partial charge in [-0.15, -0.1) is 0 Å². The van der Waals surface area contributed by atoms with Gasteiger partial charge >= 0.3 is 5.97 Å². The van der Waals surface area contributed by atoms with E-state index < -0.39 is 17.5 Å². The standard InChI is InChI=1S/C22H21N5O4/c1-4-31-20(28)17-16-13-23-27(3)19(16)25-18(24-17)15-7-5-6-14(12-15)8-9-22(30)10-11-26(2)21(22)29/h5-7,12-13,30H,4,10-11H2,1-3H3. The minimum absolute atomic E-state index is 0.139. The van der Waals surface area contributed by atoms with Crippen LogP contribution in [-0.2, 0) is 16.6 Å². The fourth-order valence-corrected chi connectivity index (χ4v) is 3.39. The highest BCUT2D eigenvalue weighted by molar-refractivity contribution is 6.01. The van der Waals surface area contributed by atoms with Crippen LogP contribution in [0.4, 0.5) is 0 Å². The molecule has 0 saturated carbocycles. The van der Waals surface area contributed by atoms with Crippen molar-refractivity contribution >= 4 is 22.9 Å². The molecule has 9 nitrogen and oxygen atoms in total. The molecule has 0 radical (unpaired) electrons. The molecule has 158 valence electrons. The monoisotopic (exact) mass is 419 g/mol. The van der Waals surface area contributed by atoms with Gasteiger partial charge in [0.25, 0.3) is 5.91 Å². The molecule has 1 aromatic carbocycles. The summed E-state index contributed by atoms with van der Waals surface area (Å²) in [6.45, 7) is 2.41. The molecular formula is C22H21N5O4. The van der Waals surface area contributed by atoms with Crippen LogP contribution in [0.2, 0.25) is 0 Å². The van der Waals surface area contributed by atoms with Gasteiger partial charge in [-0.2, -0.15) is 5.10 Å². The second-order valence-corrected chi connectivity index (χ2v) is 7.29. The lowest BCUT2D eigenvalue weighted by atomic mass is 10.0. The highest BCUT2D eigenvalue weighted by atomic mass is 16.5. The van der Waals surface area contributed by atoms with Gasteiger partial charge in [-0.1, -0.05) is 24.0 Å². The second-order valence-electron chi connectivity index (χ2n) is 7.29. The van der Waals surface area contributed by atoms with Gasteiger partial charge in [-0.25, -0.2) is 14.8 Å². The topological polar surface area (TPSA) is 110 Å². The molecule has 1 amide bonds. The molecule has 0 aliphatic carbocycles. The Morgan fingerprint density at radius 1 is 1.32 bits per heavy atom. The Balaban J connectivity index is 1.75. The maximum Gasteiger partial charge on any atom is 0.357 e. The minimum atomic E-state index is -1.67. The molecule has 0 bridgehead atoms. The lowest BCUT2D eigenvalue weighted by Gasteiger charge is -2.13. The van der Waals surface area contributed by atoms with Crippen molar-refractivity contribution < 1.29 is 19.4 Å². The van der Waals surface area contributed by atoms with Crippen molar-refractivity contribution in [2.45, 2.75) is 18.9 Å². The van der Waals surface area contributed by atoms with E-state index in [9.17, 15) is 14.7 Å². The van der Waals surface area contributed by atoms with Gasteiger partial charge in [0.1, 0.15) is 0 Å². The summed E-state index contributed by atoms with van der Waals surface area (Å²) in [6, 6.07) is 7.07. The Bertz CT molecular complexity index is 1260. The number of aryl methyl sites for hydroxylation is 1. The van der Waals surface area contributed by atoms with Gasteiger partial charge < -0.3 is 14.7 Å². The summed E-state index contributed by atoms with van der Waals surface area (Å²) in [5.74, 6) is 4.94. The first-order valence-electron chi connectivity index (χ1n) is 9.81. The zero-order valence-corrected chi connectivity index (χ0v) is 17.4. The van der Waals surface area contributed by atoms with Gasteiger partial charge in [-0.3, -0.25) is 9.48 Å². The second kappa shape index (κ2) is 7.81. The Hall–Kier alpha value is -3.77. The first-order valence-corrected chi connectivity index (χ1v) is 9.81. The number of carbonyl (C=O) groups is 2. The number of rotatable bonds is 3. The molecule has 1 aliphatic rings. The summed E-state index contributed by atoms with van der Waals surface area (Å²) in [7, 11) is 3.36. The molecule has 4 rings (SSSR count). The fraction of sp³-hybridized carbons (Fsp3) is 0.318. The van der Waals surface area contributed by atoms with E-state index in [0.29, 0.717) is 34.5 Å². The van der Waals surface area contributed by atoms with Crippen LogP contribution in [0.3, 0.4) is 0 Å². The zero-order chi connectivity index (χ0) is 22.2. The Labute approximate surface area is 178 Å². The summed E-state index contributed by atoms with van der Waals surface area (Å²) in [4.78, 5) is 35.0. The van der Waals surface area contributed by atoms with Crippen LogP contribution in [0.1, 0.15) is 29.4 Å². The van der Waals surface area contributed by atoms with Crippen LogP contribution in [0.5, 0.6) is 0 Å². The van der Waals surface area contributed by atoms with Crippen LogP contribution in [0, 0.1) is 11.8 Å². The zero-order valence-electron chi connectivity index (χ0n) is 17.4. The molecule has 1 aliphatic heterocycles.